The minimum Gasteiger partial charge on any atom is -0.344 e. The summed E-state index contributed by atoms with van der Waals surface area (Å²) < 4.78 is 0. The fraction of sp³-hybridized carbons (Fsp3) is 0.371. The maximum absolute atomic E-state index is 13.7. The van der Waals surface area contributed by atoms with Gasteiger partial charge in [0.1, 0.15) is 6.04 Å². The molecule has 0 radical (unpaired) electrons. The number of nitrogens with one attached hydrogen (secondary N) is 3. The Balaban J connectivity index is 1.33. The molecular formula is C35H42N8O3. The van der Waals surface area contributed by atoms with Crippen LogP contribution in [0.5, 0.6) is 0 Å². The van der Waals surface area contributed by atoms with E-state index in [1.165, 1.54) is 0 Å². The minimum atomic E-state index is -0.793. The van der Waals surface area contributed by atoms with Gasteiger partial charge in [0.25, 0.3) is 5.91 Å². The number of amides is 3. The van der Waals surface area contributed by atoms with Crippen molar-refractivity contribution in [2.45, 2.75) is 52.0 Å². The summed E-state index contributed by atoms with van der Waals surface area (Å²) in [6.07, 6.45) is 3.66. The van der Waals surface area contributed by atoms with Gasteiger partial charge in [0, 0.05) is 42.2 Å². The molecule has 4 aromatic rings. The van der Waals surface area contributed by atoms with Crippen LogP contribution >= 0.6 is 0 Å². The number of nitrogens with two attached hydrogens (primary N) is 1. The first-order valence-corrected chi connectivity index (χ1v) is 16.0. The zero-order chi connectivity index (χ0) is 32.5. The first-order chi connectivity index (χ1) is 22.4. The second kappa shape index (κ2) is 15.4. The Morgan fingerprint density at radius 1 is 0.913 bits per heavy atom. The number of aromatic nitrogens is 4. The molecular weight excluding hydrogens is 580 g/mol. The van der Waals surface area contributed by atoms with Gasteiger partial charge in [-0.15, -0.1) is 10.2 Å². The van der Waals surface area contributed by atoms with E-state index in [9.17, 15) is 14.4 Å². The quantitative estimate of drug-likeness (QED) is 0.182. The van der Waals surface area contributed by atoms with Gasteiger partial charge in [0.15, 0.2) is 0 Å². The van der Waals surface area contributed by atoms with Gasteiger partial charge in [0.05, 0.1) is 0 Å². The summed E-state index contributed by atoms with van der Waals surface area (Å²) in [5, 5.41) is 20.0. The summed E-state index contributed by atoms with van der Waals surface area (Å²) >= 11 is 0. The molecule has 0 spiro atoms. The molecule has 1 aliphatic rings. The van der Waals surface area contributed by atoms with Crippen LogP contribution in [0.15, 0.2) is 72.8 Å². The highest BCUT2D eigenvalue weighted by atomic mass is 16.2. The molecule has 5 rings (SSSR count). The average molecular weight is 623 g/mol. The van der Waals surface area contributed by atoms with Crippen LogP contribution in [0.1, 0.15) is 55.5 Å². The fourth-order valence-electron chi connectivity index (χ4n) is 6.03. The average Bonchev–Trinajstić information content (AvgIpc) is 3.64. The summed E-state index contributed by atoms with van der Waals surface area (Å²) in [4.78, 5) is 42.1. The molecule has 11 nitrogen and oxygen atoms in total. The molecule has 3 aromatic carbocycles. The molecule has 1 aliphatic carbocycles. The van der Waals surface area contributed by atoms with Crippen LogP contribution < -0.4 is 16.4 Å². The Morgan fingerprint density at radius 3 is 2.22 bits per heavy atom. The van der Waals surface area contributed by atoms with Crippen molar-refractivity contribution in [3.8, 4) is 22.5 Å². The van der Waals surface area contributed by atoms with Crippen molar-refractivity contribution in [1.29, 1.82) is 0 Å². The molecule has 240 valence electrons. The maximum atomic E-state index is 13.7. The van der Waals surface area contributed by atoms with Gasteiger partial charge < -0.3 is 21.3 Å². The summed E-state index contributed by atoms with van der Waals surface area (Å²) in [5.74, 6) is 0.337. The third-order valence-corrected chi connectivity index (χ3v) is 8.85. The monoisotopic (exact) mass is 622 g/mol. The van der Waals surface area contributed by atoms with Crippen molar-refractivity contribution in [2.24, 2.45) is 17.6 Å². The van der Waals surface area contributed by atoms with Crippen LogP contribution in [0.25, 0.3) is 22.5 Å². The lowest BCUT2D eigenvalue weighted by atomic mass is 9.81. The molecule has 11 heteroatoms. The number of rotatable bonds is 12. The predicted octanol–water partition coefficient (Wildman–Crippen LogP) is 4.45. The lowest BCUT2D eigenvalue weighted by Crippen LogP contribution is -2.48. The lowest BCUT2D eigenvalue weighted by molar-refractivity contribution is -0.130. The summed E-state index contributed by atoms with van der Waals surface area (Å²) in [5.41, 5.74) is 10.5. The summed E-state index contributed by atoms with van der Waals surface area (Å²) in [7, 11) is 0. The van der Waals surface area contributed by atoms with Crippen molar-refractivity contribution >= 4 is 23.4 Å². The van der Waals surface area contributed by atoms with E-state index in [4.69, 9.17) is 5.73 Å². The molecule has 0 saturated heterocycles. The molecule has 5 N–H and O–H groups in total. The Bertz CT molecular complexity index is 1590. The Kier molecular flexibility index (Phi) is 10.9. The highest BCUT2D eigenvalue weighted by Crippen LogP contribution is 2.29. The zero-order valence-corrected chi connectivity index (χ0v) is 26.4. The van der Waals surface area contributed by atoms with E-state index in [1.54, 1.807) is 29.2 Å². The number of benzene rings is 3. The molecule has 3 amide bonds. The van der Waals surface area contributed by atoms with Crippen molar-refractivity contribution in [3.63, 3.8) is 0 Å². The van der Waals surface area contributed by atoms with E-state index in [0.29, 0.717) is 49.0 Å². The zero-order valence-electron chi connectivity index (χ0n) is 26.4. The van der Waals surface area contributed by atoms with E-state index >= 15 is 0 Å². The van der Waals surface area contributed by atoms with Gasteiger partial charge in [-0.1, -0.05) is 42.5 Å². The number of tetrazole rings is 1. The highest BCUT2D eigenvalue weighted by molar-refractivity contribution is 6.01. The van der Waals surface area contributed by atoms with Crippen molar-refractivity contribution in [2.75, 3.05) is 25.0 Å². The number of hydrogen-bond donors (Lipinski definition) is 4. The van der Waals surface area contributed by atoms with Gasteiger partial charge in [-0.2, -0.15) is 5.21 Å². The highest BCUT2D eigenvalue weighted by Gasteiger charge is 2.29. The smallest absolute Gasteiger partial charge is 0.254 e. The number of H-pyrrole nitrogens is 1. The van der Waals surface area contributed by atoms with Crippen molar-refractivity contribution < 1.29 is 14.4 Å². The minimum absolute atomic E-state index is 0.00468. The van der Waals surface area contributed by atoms with E-state index in [0.717, 1.165) is 47.9 Å². The SMILES string of the molecule is CCN(CC)C(=O)c1ccccc1-c1ccc(C[C@H](NC(=O)[C@H]2CC[C@H](CN)CC2)C(=O)Nc2ccc(-c3nn[nH]n3)cc2)cc1. The molecule has 46 heavy (non-hydrogen) atoms. The molecule has 1 aromatic heterocycles. The number of hydrogen-bond acceptors (Lipinski definition) is 7. The fourth-order valence-corrected chi connectivity index (χ4v) is 6.03. The number of carbonyl (C=O) groups is 3. The number of anilines is 1. The second-order valence-corrected chi connectivity index (χ2v) is 11.7. The Hall–Kier alpha value is -4.90. The lowest BCUT2D eigenvalue weighted by Gasteiger charge is -2.28. The number of carbonyl (C=O) groups excluding carboxylic acids is 3. The maximum Gasteiger partial charge on any atom is 0.254 e. The molecule has 1 fully saturated rings. The van der Waals surface area contributed by atoms with Gasteiger partial charge >= 0.3 is 0 Å². The van der Waals surface area contributed by atoms with Gasteiger partial charge in [-0.05, 0) is 104 Å². The van der Waals surface area contributed by atoms with Crippen molar-refractivity contribution in [1.82, 2.24) is 30.8 Å². The third kappa shape index (κ3) is 7.84. The molecule has 1 heterocycles. The van der Waals surface area contributed by atoms with Crippen LogP contribution in [0.2, 0.25) is 0 Å². The molecule has 1 atom stereocenters. The van der Waals surface area contributed by atoms with Crippen LogP contribution in [-0.4, -0.2) is 68.9 Å². The number of aromatic amines is 1. The second-order valence-electron chi connectivity index (χ2n) is 11.7. The molecule has 1 saturated carbocycles. The van der Waals surface area contributed by atoms with Crippen LogP contribution in [0, 0.1) is 11.8 Å². The van der Waals surface area contributed by atoms with Crippen molar-refractivity contribution in [3.05, 3.63) is 83.9 Å². The first-order valence-electron chi connectivity index (χ1n) is 16.0. The van der Waals surface area contributed by atoms with E-state index in [-0.39, 0.29) is 23.6 Å². The standard InChI is InChI=1S/C35H42N8O3/c1-3-43(4-2)35(46)30-8-6-5-7-29(30)25-13-9-23(10-14-25)21-31(38-33(44)27-15-11-24(22-36)12-16-27)34(45)37-28-19-17-26(18-20-28)32-39-41-42-40-32/h5-10,13-14,17-20,24,27,31H,3-4,11-12,15-16,21-22,36H2,1-2H3,(H,37,45)(H,38,44)(H,39,40,41,42)/t24-,27-,31-/m0/s1. The largest absolute Gasteiger partial charge is 0.344 e. The van der Waals surface area contributed by atoms with Crippen LogP contribution in [0.4, 0.5) is 5.69 Å². The van der Waals surface area contributed by atoms with E-state index < -0.39 is 6.04 Å². The topological polar surface area (TPSA) is 159 Å². The normalized spacial score (nSPS) is 16.8. The van der Waals surface area contributed by atoms with E-state index in [2.05, 4.69) is 31.3 Å². The van der Waals surface area contributed by atoms with Crippen LogP contribution in [-0.2, 0) is 16.0 Å². The van der Waals surface area contributed by atoms with Gasteiger partial charge in [-0.25, -0.2) is 0 Å². The summed E-state index contributed by atoms with van der Waals surface area (Å²) in [6.45, 7) is 5.85. The van der Waals surface area contributed by atoms with E-state index in [1.807, 2.05) is 62.4 Å². The predicted molar refractivity (Wildman–Crippen MR) is 178 cm³/mol. The van der Waals surface area contributed by atoms with Gasteiger partial charge in [0.2, 0.25) is 17.6 Å². The molecule has 0 aliphatic heterocycles. The first kappa shape index (κ1) is 32.5. The third-order valence-electron chi connectivity index (χ3n) is 8.85. The molecule has 0 unspecified atom stereocenters. The Labute approximate surface area is 269 Å². The Morgan fingerprint density at radius 2 is 1.59 bits per heavy atom. The number of nitrogens with zero attached hydrogens (tertiary/aromatic N) is 4. The van der Waals surface area contributed by atoms with Crippen LogP contribution in [0.3, 0.4) is 0 Å². The van der Waals surface area contributed by atoms with Gasteiger partial charge in [-0.3, -0.25) is 14.4 Å². The molecule has 0 bridgehead atoms. The summed E-state index contributed by atoms with van der Waals surface area (Å²) in [6, 6.07) is 21.8.